The Morgan fingerprint density at radius 3 is 3.11 bits per heavy atom. The average molecular weight is 276 g/mol. The lowest BCUT2D eigenvalue weighted by molar-refractivity contribution is 0.104. The largest absolute Gasteiger partial charge is 0.288 e. The van der Waals surface area contributed by atoms with Gasteiger partial charge in [-0.25, -0.2) is 0 Å². The van der Waals surface area contributed by atoms with Gasteiger partial charge in [0.05, 0.1) is 16.6 Å². The van der Waals surface area contributed by atoms with Gasteiger partial charge in [-0.2, -0.15) is 5.10 Å². The first-order valence-corrected chi connectivity index (χ1v) is 7.51. The summed E-state index contributed by atoms with van der Waals surface area (Å²) < 4.78 is 4.19. The molecule has 3 rings (SSSR count). The van der Waals surface area contributed by atoms with Gasteiger partial charge in [-0.3, -0.25) is 9.48 Å². The molecule has 3 aromatic heterocycles. The summed E-state index contributed by atoms with van der Waals surface area (Å²) in [6, 6.07) is 4.03. The number of fused-ring (bicyclic) bond motifs is 1. The van der Waals surface area contributed by atoms with E-state index < -0.39 is 0 Å². The fourth-order valence-electron chi connectivity index (χ4n) is 1.85. The summed E-state index contributed by atoms with van der Waals surface area (Å²) in [5, 5.41) is 6.25. The Morgan fingerprint density at radius 1 is 1.44 bits per heavy atom. The van der Waals surface area contributed by atoms with Crippen molar-refractivity contribution >= 4 is 37.9 Å². The van der Waals surface area contributed by atoms with E-state index in [1.54, 1.807) is 28.9 Å². The molecule has 0 atom stereocenters. The Labute approximate surface area is 113 Å². The van der Waals surface area contributed by atoms with E-state index in [0.29, 0.717) is 5.56 Å². The maximum Gasteiger partial charge on any atom is 0.206 e. The first-order chi connectivity index (χ1) is 8.78. The van der Waals surface area contributed by atoms with Crippen molar-refractivity contribution in [3.05, 3.63) is 40.3 Å². The second-order valence-electron chi connectivity index (χ2n) is 4.08. The highest BCUT2D eigenvalue weighted by atomic mass is 32.1. The van der Waals surface area contributed by atoms with Gasteiger partial charge in [-0.15, -0.1) is 22.7 Å². The Kier molecular flexibility index (Phi) is 3.01. The Bertz CT molecular complexity index is 664. The van der Waals surface area contributed by atoms with Crippen molar-refractivity contribution in [1.82, 2.24) is 9.78 Å². The van der Waals surface area contributed by atoms with E-state index in [1.807, 2.05) is 16.9 Å². The SMILES string of the molecule is CCCn1cc(C(=O)c2cc3sccc3s2)cn1. The first kappa shape index (κ1) is 11.6. The predicted molar refractivity (Wildman–Crippen MR) is 75.7 cm³/mol. The second kappa shape index (κ2) is 4.66. The highest BCUT2D eigenvalue weighted by Crippen LogP contribution is 2.31. The maximum atomic E-state index is 12.3. The van der Waals surface area contributed by atoms with E-state index in [4.69, 9.17) is 0 Å². The summed E-state index contributed by atoms with van der Waals surface area (Å²) in [6.45, 7) is 2.95. The smallest absolute Gasteiger partial charge is 0.206 e. The van der Waals surface area contributed by atoms with E-state index in [2.05, 4.69) is 23.5 Å². The summed E-state index contributed by atoms with van der Waals surface area (Å²) in [5.41, 5.74) is 0.678. The zero-order chi connectivity index (χ0) is 12.5. The fourth-order valence-corrected chi connectivity index (χ4v) is 3.92. The lowest BCUT2D eigenvalue weighted by Gasteiger charge is -1.95. The standard InChI is InChI=1S/C13H12N2OS2/c1-2-4-15-8-9(7-14-15)13(16)12-6-11-10(18-12)3-5-17-11/h3,5-8H,2,4H2,1H3. The molecule has 0 aliphatic heterocycles. The highest BCUT2D eigenvalue weighted by molar-refractivity contribution is 7.28. The van der Waals surface area contributed by atoms with Crippen LogP contribution in [0.5, 0.6) is 0 Å². The number of aryl methyl sites for hydroxylation is 1. The molecule has 0 spiro atoms. The molecule has 3 aromatic rings. The molecule has 0 amide bonds. The minimum absolute atomic E-state index is 0.0748. The van der Waals surface area contributed by atoms with E-state index in [9.17, 15) is 4.79 Å². The third-order valence-corrected chi connectivity index (χ3v) is 4.80. The first-order valence-electron chi connectivity index (χ1n) is 5.82. The van der Waals surface area contributed by atoms with Crippen LogP contribution in [0.2, 0.25) is 0 Å². The minimum atomic E-state index is 0.0748. The molecule has 0 aliphatic carbocycles. The Balaban J connectivity index is 1.91. The third-order valence-electron chi connectivity index (χ3n) is 2.71. The van der Waals surface area contributed by atoms with Gasteiger partial charge in [0.25, 0.3) is 0 Å². The van der Waals surface area contributed by atoms with Gasteiger partial charge in [0.1, 0.15) is 0 Å². The summed E-state index contributed by atoms with van der Waals surface area (Å²) in [7, 11) is 0. The van der Waals surface area contributed by atoms with E-state index in [0.717, 1.165) is 17.8 Å². The van der Waals surface area contributed by atoms with Crippen molar-refractivity contribution in [2.45, 2.75) is 19.9 Å². The molecule has 5 heteroatoms. The molecule has 0 unspecified atom stereocenters. The van der Waals surface area contributed by atoms with Gasteiger partial charge in [-0.1, -0.05) is 6.92 Å². The maximum absolute atomic E-state index is 12.3. The molecular formula is C13H12N2OS2. The van der Waals surface area contributed by atoms with Gasteiger partial charge in [-0.05, 0) is 23.9 Å². The molecule has 3 nitrogen and oxygen atoms in total. The summed E-state index contributed by atoms with van der Waals surface area (Å²) in [6.07, 6.45) is 4.51. The molecule has 0 aliphatic rings. The molecule has 0 saturated heterocycles. The number of carbonyl (C=O) groups is 1. The van der Waals surface area contributed by atoms with Crippen LogP contribution in [0, 0.1) is 0 Å². The quantitative estimate of drug-likeness (QED) is 0.679. The fraction of sp³-hybridized carbons (Fsp3) is 0.231. The van der Waals surface area contributed by atoms with Crippen LogP contribution in [0.15, 0.2) is 29.9 Å². The number of nitrogens with zero attached hydrogens (tertiary/aromatic N) is 2. The summed E-state index contributed by atoms with van der Waals surface area (Å²) in [5.74, 6) is 0.0748. The Hall–Kier alpha value is -1.46. The normalized spacial score (nSPS) is 11.2. The molecule has 0 saturated carbocycles. The van der Waals surface area contributed by atoms with E-state index >= 15 is 0 Å². The van der Waals surface area contributed by atoms with Gasteiger partial charge in [0.2, 0.25) is 5.78 Å². The van der Waals surface area contributed by atoms with Crippen LogP contribution in [0.4, 0.5) is 0 Å². The average Bonchev–Trinajstić information content (AvgIpc) is 3.02. The predicted octanol–water partition coefficient (Wildman–Crippen LogP) is 3.80. The van der Waals surface area contributed by atoms with Crippen molar-refractivity contribution in [3.8, 4) is 0 Å². The molecule has 92 valence electrons. The monoisotopic (exact) mass is 276 g/mol. The van der Waals surface area contributed by atoms with Crippen LogP contribution >= 0.6 is 22.7 Å². The number of ketones is 1. The number of carbonyl (C=O) groups excluding carboxylic acids is 1. The number of hydrogen-bond acceptors (Lipinski definition) is 4. The van der Waals surface area contributed by atoms with Crippen LogP contribution in [0.25, 0.3) is 9.40 Å². The van der Waals surface area contributed by atoms with E-state index in [-0.39, 0.29) is 5.78 Å². The Morgan fingerprint density at radius 2 is 2.33 bits per heavy atom. The molecule has 0 fully saturated rings. The molecule has 0 bridgehead atoms. The van der Waals surface area contributed by atoms with Gasteiger partial charge in [0, 0.05) is 22.1 Å². The van der Waals surface area contributed by atoms with Crippen LogP contribution in [-0.2, 0) is 6.54 Å². The highest BCUT2D eigenvalue weighted by Gasteiger charge is 2.14. The lowest BCUT2D eigenvalue weighted by Crippen LogP contribution is -1.98. The van der Waals surface area contributed by atoms with Crippen molar-refractivity contribution in [1.29, 1.82) is 0 Å². The molecule has 0 aromatic carbocycles. The van der Waals surface area contributed by atoms with Crippen LogP contribution in [0.1, 0.15) is 28.6 Å². The molecule has 0 N–H and O–H groups in total. The molecular weight excluding hydrogens is 264 g/mol. The minimum Gasteiger partial charge on any atom is -0.288 e. The number of thiophene rings is 2. The molecule has 3 heterocycles. The number of aromatic nitrogens is 2. The number of rotatable bonds is 4. The second-order valence-corrected chi connectivity index (χ2v) is 6.11. The summed E-state index contributed by atoms with van der Waals surface area (Å²) >= 11 is 3.22. The zero-order valence-electron chi connectivity index (χ0n) is 9.92. The zero-order valence-corrected chi connectivity index (χ0v) is 11.6. The van der Waals surface area contributed by atoms with Crippen molar-refractivity contribution < 1.29 is 4.79 Å². The summed E-state index contributed by atoms with van der Waals surface area (Å²) in [4.78, 5) is 13.1. The molecule has 0 radical (unpaired) electrons. The van der Waals surface area contributed by atoms with E-state index in [1.165, 1.54) is 9.40 Å². The van der Waals surface area contributed by atoms with Crippen molar-refractivity contribution in [2.75, 3.05) is 0 Å². The topological polar surface area (TPSA) is 34.9 Å². The van der Waals surface area contributed by atoms with Gasteiger partial charge >= 0.3 is 0 Å². The van der Waals surface area contributed by atoms with Crippen LogP contribution in [0.3, 0.4) is 0 Å². The van der Waals surface area contributed by atoms with Crippen molar-refractivity contribution in [3.63, 3.8) is 0 Å². The third kappa shape index (κ3) is 2.00. The van der Waals surface area contributed by atoms with Crippen LogP contribution in [-0.4, -0.2) is 15.6 Å². The van der Waals surface area contributed by atoms with Gasteiger partial charge in [0.15, 0.2) is 0 Å². The lowest BCUT2D eigenvalue weighted by atomic mass is 10.2. The van der Waals surface area contributed by atoms with Crippen molar-refractivity contribution in [2.24, 2.45) is 0 Å². The van der Waals surface area contributed by atoms with Gasteiger partial charge < -0.3 is 0 Å². The molecule has 18 heavy (non-hydrogen) atoms. The van der Waals surface area contributed by atoms with Crippen LogP contribution < -0.4 is 0 Å². The number of hydrogen-bond donors (Lipinski definition) is 0.